The Kier molecular flexibility index (Phi) is 9.15. The van der Waals surface area contributed by atoms with Crippen molar-refractivity contribution in [2.75, 3.05) is 40.3 Å². The standard InChI is InChI=1S/C21H34N4O.HI/c1-16-6-9-19(20(11-16)26-15-17-7-8-17)13-24-21(22-2)23-12-18-5-4-10-25(3)14-18;/h6,9,11,17-18H,4-5,7-8,10,12-15H2,1-3H3,(H2,22,23,24);1H. The maximum absolute atomic E-state index is 6.07. The van der Waals surface area contributed by atoms with Crippen LogP contribution >= 0.6 is 24.0 Å². The first-order valence-corrected chi connectivity index (χ1v) is 9.99. The lowest BCUT2D eigenvalue weighted by atomic mass is 9.99. The minimum Gasteiger partial charge on any atom is -0.493 e. The zero-order valence-corrected chi connectivity index (χ0v) is 19.3. The number of guanidine groups is 1. The molecule has 1 saturated carbocycles. The van der Waals surface area contributed by atoms with Crippen LogP contribution in [-0.2, 0) is 6.54 Å². The smallest absolute Gasteiger partial charge is 0.191 e. The van der Waals surface area contributed by atoms with Crippen LogP contribution in [0.1, 0.15) is 36.8 Å². The van der Waals surface area contributed by atoms with Gasteiger partial charge in [0.2, 0.25) is 0 Å². The number of benzene rings is 1. The minimum absolute atomic E-state index is 0. The molecular weight excluding hydrogens is 451 g/mol. The summed E-state index contributed by atoms with van der Waals surface area (Å²) in [6.45, 7) is 7.05. The fraction of sp³-hybridized carbons (Fsp3) is 0.667. The lowest BCUT2D eigenvalue weighted by Gasteiger charge is -2.30. The summed E-state index contributed by atoms with van der Waals surface area (Å²) in [6.07, 6.45) is 5.21. The Morgan fingerprint density at radius 1 is 1.22 bits per heavy atom. The van der Waals surface area contributed by atoms with Crippen molar-refractivity contribution >= 4 is 29.9 Å². The van der Waals surface area contributed by atoms with Crippen LogP contribution in [0.2, 0.25) is 0 Å². The highest BCUT2D eigenvalue weighted by atomic mass is 127. The molecule has 2 fully saturated rings. The van der Waals surface area contributed by atoms with Crippen LogP contribution in [0.4, 0.5) is 0 Å². The maximum Gasteiger partial charge on any atom is 0.191 e. The van der Waals surface area contributed by atoms with Gasteiger partial charge in [-0.1, -0.05) is 12.1 Å². The lowest BCUT2D eigenvalue weighted by molar-refractivity contribution is 0.210. The Hall–Kier alpha value is -1.02. The van der Waals surface area contributed by atoms with Gasteiger partial charge in [-0.3, -0.25) is 4.99 Å². The van der Waals surface area contributed by atoms with Crippen LogP contribution in [0.15, 0.2) is 23.2 Å². The predicted molar refractivity (Wildman–Crippen MR) is 123 cm³/mol. The predicted octanol–water partition coefficient (Wildman–Crippen LogP) is 3.41. The molecule has 0 radical (unpaired) electrons. The van der Waals surface area contributed by atoms with Crippen molar-refractivity contribution in [2.45, 2.75) is 39.2 Å². The topological polar surface area (TPSA) is 48.9 Å². The molecule has 0 amide bonds. The van der Waals surface area contributed by atoms with Crippen molar-refractivity contribution in [3.05, 3.63) is 29.3 Å². The number of aryl methyl sites for hydroxylation is 1. The number of nitrogens with one attached hydrogen (secondary N) is 2. The van der Waals surface area contributed by atoms with E-state index in [1.165, 1.54) is 49.9 Å². The van der Waals surface area contributed by atoms with Crippen molar-refractivity contribution in [1.82, 2.24) is 15.5 Å². The van der Waals surface area contributed by atoms with E-state index in [1.54, 1.807) is 0 Å². The van der Waals surface area contributed by atoms with Gasteiger partial charge in [0.15, 0.2) is 5.96 Å². The van der Waals surface area contributed by atoms with Gasteiger partial charge in [-0.15, -0.1) is 24.0 Å². The van der Waals surface area contributed by atoms with Gasteiger partial charge in [-0.05, 0) is 69.7 Å². The molecule has 0 aromatic heterocycles. The van der Waals surface area contributed by atoms with Gasteiger partial charge in [0.25, 0.3) is 0 Å². The molecule has 3 rings (SSSR count). The minimum atomic E-state index is 0. The zero-order chi connectivity index (χ0) is 18.4. The van der Waals surface area contributed by atoms with Crippen molar-refractivity contribution in [3.8, 4) is 5.75 Å². The van der Waals surface area contributed by atoms with Crippen LogP contribution in [-0.4, -0.2) is 51.2 Å². The lowest BCUT2D eigenvalue weighted by Crippen LogP contribution is -2.43. The van der Waals surface area contributed by atoms with E-state index in [0.29, 0.717) is 5.92 Å². The van der Waals surface area contributed by atoms with E-state index in [1.807, 2.05) is 7.05 Å². The molecule has 152 valence electrons. The summed E-state index contributed by atoms with van der Waals surface area (Å²) >= 11 is 0. The molecule has 27 heavy (non-hydrogen) atoms. The highest BCUT2D eigenvalue weighted by Crippen LogP contribution is 2.30. The first-order valence-electron chi connectivity index (χ1n) is 9.99. The molecule has 1 aromatic rings. The summed E-state index contributed by atoms with van der Waals surface area (Å²) in [4.78, 5) is 6.80. The molecule has 1 unspecified atom stereocenters. The van der Waals surface area contributed by atoms with Crippen molar-refractivity contribution in [1.29, 1.82) is 0 Å². The second-order valence-electron chi connectivity index (χ2n) is 7.94. The van der Waals surface area contributed by atoms with Crippen molar-refractivity contribution in [2.24, 2.45) is 16.8 Å². The van der Waals surface area contributed by atoms with Gasteiger partial charge >= 0.3 is 0 Å². The van der Waals surface area contributed by atoms with Crippen LogP contribution in [0.3, 0.4) is 0 Å². The normalized spacial score (nSPS) is 20.7. The average Bonchev–Trinajstić information content (AvgIpc) is 3.46. The fourth-order valence-corrected chi connectivity index (χ4v) is 3.51. The van der Waals surface area contributed by atoms with Gasteiger partial charge in [-0.2, -0.15) is 0 Å². The zero-order valence-electron chi connectivity index (χ0n) is 17.0. The molecule has 1 aliphatic heterocycles. The fourth-order valence-electron chi connectivity index (χ4n) is 3.51. The largest absolute Gasteiger partial charge is 0.493 e. The maximum atomic E-state index is 6.07. The van der Waals surface area contributed by atoms with Gasteiger partial charge in [0, 0.05) is 32.2 Å². The summed E-state index contributed by atoms with van der Waals surface area (Å²) in [5.41, 5.74) is 2.43. The molecule has 6 heteroatoms. The Balaban J connectivity index is 0.00000261. The quantitative estimate of drug-likeness (QED) is 0.353. The summed E-state index contributed by atoms with van der Waals surface area (Å²) in [7, 11) is 4.04. The molecule has 1 aromatic carbocycles. The van der Waals surface area contributed by atoms with Gasteiger partial charge in [0.05, 0.1) is 6.61 Å². The summed E-state index contributed by atoms with van der Waals surface area (Å²) in [5, 5.41) is 6.94. The van der Waals surface area contributed by atoms with Crippen LogP contribution in [0.25, 0.3) is 0 Å². The summed E-state index contributed by atoms with van der Waals surface area (Å²) in [6, 6.07) is 6.45. The third kappa shape index (κ3) is 7.49. The van der Waals surface area contributed by atoms with Crippen LogP contribution in [0.5, 0.6) is 5.75 Å². The monoisotopic (exact) mass is 486 g/mol. The number of halogens is 1. The SMILES string of the molecule is CN=C(NCc1ccc(C)cc1OCC1CC1)NCC1CCCN(C)C1.I. The highest BCUT2D eigenvalue weighted by Gasteiger charge is 2.22. The number of likely N-dealkylation sites (tertiary alicyclic amines) is 1. The number of piperidine rings is 1. The van der Waals surface area contributed by atoms with Gasteiger partial charge < -0.3 is 20.3 Å². The summed E-state index contributed by atoms with van der Waals surface area (Å²) < 4.78 is 6.07. The third-order valence-electron chi connectivity index (χ3n) is 5.34. The van der Waals surface area contributed by atoms with Crippen molar-refractivity contribution in [3.63, 3.8) is 0 Å². The Labute approximate surface area is 181 Å². The van der Waals surface area contributed by atoms with Crippen LogP contribution < -0.4 is 15.4 Å². The van der Waals surface area contributed by atoms with E-state index in [4.69, 9.17) is 4.74 Å². The molecule has 2 N–H and O–H groups in total. The number of ether oxygens (including phenoxy) is 1. The second-order valence-corrected chi connectivity index (χ2v) is 7.94. The third-order valence-corrected chi connectivity index (χ3v) is 5.34. The van der Waals surface area contributed by atoms with E-state index in [0.717, 1.165) is 37.3 Å². The van der Waals surface area contributed by atoms with E-state index in [-0.39, 0.29) is 24.0 Å². The van der Waals surface area contributed by atoms with Crippen LogP contribution in [0, 0.1) is 18.8 Å². The first-order chi connectivity index (χ1) is 12.6. The molecule has 2 aliphatic rings. The van der Waals surface area contributed by atoms with Gasteiger partial charge in [0.1, 0.15) is 5.75 Å². The number of rotatable bonds is 7. The number of aliphatic imine (C=N–C) groups is 1. The summed E-state index contributed by atoms with van der Waals surface area (Å²) in [5.74, 6) is 3.34. The van der Waals surface area contributed by atoms with E-state index in [9.17, 15) is 0 Å². The molecule has 1 atom stereocenters. The van der Waals surface area contributed by atoms with Crippen molar-refractivity contribution < 1.29 is 4.74 Å². The molecule has 1 aliphatic carbocycles. The molecule has 0 bridgehead atoms. The number of hydrogen-bond acceptors (Lipinski definition) is 3. The Morgan fingerprint density at radius 3 is 2.74 bits per heavy atom. The Bertz CT molecular complexity index is 618. The molecule has 1 heterocycles. The average molecular weight is 486 g/mol. The molecular formula is C21H35IN4O. The van der Waals surface area contributed by atoms with E-state index < -0.39 is 0 Å². The molecule has 1 saturated heterocycles. The second kappa shape index (κ2) is 11.1. The van der Waals surface area contributed by atoms with Gasteiger partial charge in [-0.25, -0.2) is 0 Å². The number of hydrogen-bond donors (Lipinski definition) is 2. The van der Waals surface area contributed by atoms with E-state index >= 15 is 0 Å². The van der Waals surface area contributed by atoms with E-state index in [2.05, 4.69) is 52.7 Å². The highest BCUT2D eigenvalue weighted by molar-refractivity contribution is 14.0. The Morgan fingerprint density at radius 2 is 2.04 bits per heavy atom. The first kappa shape index (κ1) is 22.3. The molecule has 5 nitrogen and oxygen atoms in total. The molecule has 0 spiro atoms. The number of nitrogens with zero attached hydrogens (tertiary/aromatic N) is 2.